The normalized spacial score (nSPS) is 29.1. The highest BCUT2D eigenvalue weighted by Gasteiger charge is 2.35. The van der Waals surface area contributed by atoms with Crippen molar-refractivity contribution >= 4 is 0 Å². The summed E-state index contributed by atoms with van der Waals surface area (Å²) in [5, 5.41) is 0. The number of unbranched alkanes of at least 4 members (excludes halogenated alkanes) is 1. The first kappa shape index (κ1) is 28.3. The molecule has 0 aromatic heterocycles. The van der Waals surface area contributed by atoms with Gasteiger partial charge in [-0.05, 0) is 136 Å². The minimum atomic E-state index is -0.979. The lowest BCUT2D eigenvalue weighted by atomic mass is 9.64. The Kier molecular flexibility index (Phi) is 10.8. The molecule has 3 aliphatic carbocycles. The van der Waals surface area contributed by atoms with E-state index >= 15 is 0 Å². The third-order valence-corrected chi connectivity index (χ3v) is 9.76. The van der Waals surface area contributed by atoms with Crippen LogP contribution in [-0.4, -0.2) is 0 Å². The first-order chi connectivity index (χ1) is 18.6. The van der Waals surface area contributed by atoms with E-state index in [9.17, 15) is 8.78 Å². The van der Waals surface area contributed by atoms with Gasteiger partial charge in [-0.1, -0.05) is 31.4 Å². The molecule has 0 aliphatic heterocycles. The van der Waals surface area contributed by atoms with Gasteiger partial charge in [0.1, 0.15) is 6.11 Å². The van der Waals surface area contributed by atoms with Crippen molar-refractivity contribution in [2.75, 3.05) is 0 Å². The van der Waals surface area contributed by atoms with Crippen LogP contribution in [0, 0.1) is 77.4 Å². The molecular weight excluding hydrogens is 474 g/mol. The second-order valence-corrected chi connectivity index (χ2v) is 11.8. The molecule has 1 aromatic carbocycles. The molecule has 210 valence electrons. The topological polar surface area (TPSA) is 9.23 Å². The number of hydrogen-bond acceptors (Lipinski definition) is 1. The van der Waals surface area contributed by atoms with Crippen molar-refractivity contribution in [2.45, 2.75) is 102 Å². The standard InChI is InChI=1S/C35H42F2O.4H2/c1-3-5-7-9-25-38-33-24-23-32(34(36)35(33)37)31-21-19-30(20-22-31)29-17-15-28(16-18-29)27-13-11-26(12-14-27)10-8-6-4-2;;;;/h1,4,23-24,26-31H,2,6,8,10-22H2;4*1H. The summed E-state index contributed by atoms with van der Waals surface area (Å²) in [7, 11) is 0. The maximum absolute atomic E-state index is 14.9. The fraction of sp³-hybridized carbons (Fsp3) is 0.600. The Bertz CT molecular complexity index is 1100. The second-order valence-electron chi connectivity index (χ2n) is 11.8. The zero-order chi connectivity index (χ0) is 26.7. The number of benzene rings is 1. The Balaban J connectivity index is 0.00000420. The molecule has 0 unspecified atom stereocenters. The fourth-order valence-electron chi connectivity index (χ4n) is 7.60. The van der Waals surface area contributed by atoms with Gasteiger partial charge in [-0.3, -0.25) is 0 Å². The van der Waals surface area contributed by atoms with Crippen LogP contribution in [0.5, 0.6) is 5.75 Å². The lowest BCUT2D eigenvalue weighted by molar-refractivity contribution is 0.108. The first-order valence-electron chi connectivity index (χ1n) is 14.8. The van der Waals surface area contributed by atoms with E-state index in [-0.39, 0.29) is 17.4 Å². The number of terminal acetylenes is 1. The van der Waals surface area contributed by atoms with Gasteiger partial charge < -0.3 is 4.74 Å². The van der Waals surface area contributed by atoms with E-state index in [0.29, 0.717) is 5.56 Å². The van der Waals surface area contributed by atoms with Gasteiger partial charge in [-0.2, -0.15) is 4.39 Å². The predicted molar refractivity (Wildman–Crippen MR) is 159 cm³/mol. The highest BCUT2D eigenvalue weighted by Crippen LogP contribution is 2.48. The predicted octanol–water partition coefficient (Wildman–Crippen LogP) is 10.2. The maximum Gasteiger partial charge on any atom is 0.202 e. The van der Waals surface area contributed by atoms with Crippen molar-refractivity contribution in [3.05, 3.63) is 42.0 Å². The number of ether oxygens (including phenoxy) is 1. The summed E-state index contributed by atoms with van der Waals surface area (Å²) in [4.78, 5) is 0. The van der Waals surface area contributed by atoms with E-state index in [1.807, 2.05) is 0 Å². The summed E-state index contributed by atoms with van der Waals surface area (Å²) < 4.78 is 34.5. The van der Waals surface area contributed by atoms with Crippen LogP contribution in [0.25, 0.3) is 0 Å². The van der Waals surface area contributed by atoms with Crippen LogP contribution in [0.3, 0.4) is 0 Å². The van der Waals surface area contributed by atoms with Crippen molar-refractivity contribution in [1.82, 2.24) is 0 Å². The number of allylic oxidation sites excluding steroid dienone is 1. The van der Waals surface area contributed by atoms with Crippen LogP contribution in [0.2, 0.25) is 0 Å². The molecule has 0 amide bonds. The summed E-state index contributed by atoms with van der Waals surface area (Å²) in [6, 6.07) is 3.13. The van der Waals surface area contributed by atoms with Crippen molar-refractivity contribution in [3.63, 3.8) is 0 Å². The number of hydrogen-bond donors (Lipinski definition) is 0. The summed E-state index contributed by atoms with van der Waals surface area (Å²) in [6.07, 6.45) is 28.6. The van der Waals surface area contributed by atoms with Crippen LogP contribution in [0.4, 0.5) is 8.78 Å². The quantitative estimate of drug-likeness (QED) is 0.187. The van der Waals surface area contributed by atoms with E-state index in [1.54, 1.807) is 6.07 Å². The molecule has 1 nitrogen and oxygen atoms in total. The third kappa shape index (κ3) is 7.45. The summed E-state index contributed by atoms with van der Waals surface area (Å²) in [5.74, 6) is 11.6. The van der Waals surface area contributed by atoms with E-state index in [0.717, 1.165) is 55.3 Å². The zero-order valence-electron chi connectivity index (χ0n) is 22.8. The number of rotatable bonds is 8. The van der Waals surface area contributed by atoms with E-state index < -0.39 is 11.6 Å². The van der Waals surface area contributed by atoms with E-state index in [1.165, 1.54) is 76.7 Å². The van der Waals surface area contributed by atoms with Crippen molar-refractivity contribution in [2.24, 2.45) is 29.6 Å². The minimum Gasteiger partial charge on any atom is -0.403 e. The SMILES string of the molecule is C#CC#CC#COc1ccc(C2CCC(C3CCC(C4CCC(CCCC=C)CC4)CC3)CC2)c(F)c1F.[HH].[HH].[HH].[HH]. The molecule has 38 heavy (non-hydrogen) atoms. The molecule has 1 aromatic rings. The lowest BCUT2D eigenvalue weighted by Crippen LogP contribution is -2.29. The van der Waals surface area contributed by atoms with E-state index in [4.69, 9.17) is 11.2 Å². The van der Waals surface area contributed by atoms with Gasteiger partial charge in [-0.25, -0.2) is 4.39 Å². The van der Waals surface area contributed by atoms with Gasteiger partial charge >= 0.3 is 0 Å². The average molecular weight is 525 g/mol. The molecule has 3 aliphatic rings. The molecule has 0 heterocycles. The Hall–Kier alpha value is -2.70. The van der Waals surface area contributed by atoms with Crippen molar-refractivity contribution < 1.29 is 19.2 Å². The average Bonchev–Trinajstić information content (AvgIpc) is 2.96. The van der Waals surface area contributed by atoms with Gasteiger partial charge in [0.25, 0.3) is 0 Å². The van der Waals surface area contributed by atoms with Crippen LogP contribution < -0.4 is 4.74 Å². The summed E-state index contributed by atoms with van der Waals surface area (Å²) >= 11 is 0. The van der Waals surface area contributed by atoms with Gasteiger partial charge in [0.2, 0.25) is 5.82 Å². The number of halogens is 2. The molecule has 0 saturated heterocycles. The zero-order valence-corrected chi connectivity index (χ0v) is 22.8. The molecule has 0 atom stereocenters. The Morgan fingerprint density at radius 2 is 1.39 bits per heavy atom. The van der Waals surface area contributed by atoms with Crippen LogP contribution in [0.15, 0.2) is 24.8 Å². The molecule has 0 radical (unpaired) electrons. The molecule has 3 fully saturated rings. The van der Waals surface area contributed by atoms with E-state index in [2.05, 4.69) is 42.4 Å². The highest BCUT2D eigenvalue weighted by atomic mass is 19.2. The summed E-state index contributed by atoms with van der Waals surface area (Å²) in [5.41, 5.74) is 0.470. The smallest absolute Gasteiger partial charge is 0.202 e. The van der Waals surface area contributed by atoms with Crippen LogP contribution in [0.1, 0.15) is 114 Å². The largest absolute Gasteiger partial charge is 0.403 e. The lowest BCUT2D eigenvalue weighted by Gasteiger charge is -2.41. The first-order valence-corrected chi connectivity index (χ1v) is 14.8. The van der Waals surface area contributed by atoms with Crippen LogP contribution in [-0.2, 0) is 0 Å². The monoisotopic (exact) mass is 524 g/mol. The van der Waals surface area contributed by atoms with Gasteiger partial charge in [0.15, 0.2) is 11.6 Å². The molecule has 3 heteroatoms. The van der Waals surface area contributed by atoms with Gasteiger partial charge in [0.05, 0.1) is 0 Å². The molecule has 0 spiro atoms. The maximum atomic E-state index is 14.9. The van der Waals surface area contributed by atoms with Gasteiger partial charge in [0, 0.05) is 17.5 Å². The second kappa shape index (κ2) is 14.5. The Labute approximate surface area is 235 Å². The highest BCUT2D eigenvalue weighted by molar-refractivity contribution is 5.36. The van der Waals surface area contributed by atoms with Crippen molar-refractivity contribution in [3.8, 4) is 42.0 Å². The Morgan fingerprint density at radius 1 is 0.816 bits per heavy atom. The molecule has 0 N–H and O–H groups in total. The molecule has 0 bridgehead atoms. The summed E-state index contributed by atoms with van der Waals surface area (Å²) in [6.45, 7) is 3.85. The van der Waals surface area contributed by atoms with Crippen LogP contribution >= 0.6 is 0 Å². The van der Waals surface area contributed by atoms with Crippen molar-refractivity contribution in [1.29, 1.82) is 0 Å². The minimum absolute atomic E-state index is 0. The molecular formula is C35H50F2O. The third-order valence-electron chi connectivity index (χ3n) is 9.76. The molecule has 4 rings (SSSR count). The Morgan fingerprint density at radius 3 is 1.97 bits per heavy atom. The fourth-order valence-corrected chi connectivity index (χ4v) is 7.60. The van der Waals surface area contributed by atoms with Gasteiger partial charge in [-0.15, -0.1) is 13.0 Å². The molecule has 3 saturated carbocycles.